The average Bonchev–Trinajstić information content (AvgIpc) is 2.36. The fourth-order valence-corrected chi connectivity index (χ4v) is 2.05. The first kappa shape index (κ1) is 13.1. The summed E-state index contributed by atoms with van der Waals surface area (Å²) >= 11 is 0. The average molecular weight is 263 g/mol. The highest BCUT2D eigenvalue weighted by atomic mass is 16.5. The smallest absolute Gasteiger partial charge is 0.328 e. The first-order valence-electron chi connectivity index (χ1n) is 5.92. The number of hydrogen-bond donors (Lipinski definition) is 1. The van der Waals surface area contributed by atoms with Crippen LogP contribution in [-0.2, 0) is 0 Å². The van der Waals surface area contributed by atoms with Crippen molar-refractivity contribution in [3.8, 4) is 5.75 Å². The summed E-state index contributed by atoms with van der Waals surface area (Å²) in [4.78, 5) is 23.7. The lowest BCUT2D eigenvalue weighted by Crippen LogP contribution is -2.29. The maximum Gasteiger partial charge on any atom is 0.328 e. The number of nitrogens with zero attached hydrogens (tertiary/aromatic N) is 2. The summed E-state index contributed by atoms with van der Waals surface area (Å²) < 4.78 is 6.68. The van der Waals surface area contributed by atoms with Crippen LogP contribution < -0.4 is 9.16 Å². The zero-order valence-corrected chi connectivity index (χ0v) is 11.0. The van der Waals surface area contributed by atoms with Crippen LogP contribution in [0.15, 0.2) is 18.2 Å². The van der Waals surface area contributed by atoms with Gasteiger partial charge in [-0.2, -0.15) is 4.73 Å². The molecule has 2 rings (SSSR count). The van der Waals surface area contributed by atoms with E-state index in [0.717, 1.165) is 4.73 Å². The molecule has 6 heteroatoms. The van der Waals surface area contributed by atoms with E-state index in [1.807, 2.05) is 6.92 Å². The standard InChI is InChI=1S/C13H15N2O4/c1-4-19-10-5-6-11-12(7-10)15(18)13(9(3)16)8(2)14(11)17/h5-7,17H,4H2,1-3H3/q+1. The van der Waals surface area contributed by atoms with Crippen LogP contribution in [0.1, 0.15) is 30.0 Å². The number of fused-ring (bicyclic) bond motifs is 1. The van der Waals surface area contributed by atoms with Crippen molar-refractivity contribution in [2.24, 2.45) is 0 Å². The summed E-state index contributed by atoms with van der Waals surface area (Å²) in [6, 6.07) is 4.74. The Labute approximate surface area is 109 Å². The number of ketones is 1. The molecule has 0 aliphatic carbocycles. The molecule has 0 fully saturated rings. The first-order chi connectivity index (χ1) is 8.97. The van der Waals surface area contributed by atoms with E-state index in [4.69, 9.17) is 4.74 Å². The molecule has 6 nitrogen and oxygen atoms in total. The second kappa shape index (κ2) is 4.72. The zero-order chi connectivity index (χ0) is 14.2. The van der Waals surface area contributed by atoms with Gasteiger partial charge in [0.2, 0.25) is 5.78 Å². The highest BCUT2D eigenvalue weighted by molar-refractivity contribution is 5.92. The maximum atomic E-state index is 12.2. The van der Waals surface area contributed by atoms with Gasteiger partial charge in [-0.3, -0.25) is 4.79 Å². The van der Waals surface area contributed by atoms with E-state index in [9.17, 15) is 14.9 Å². The third-order valence-corrected chi connectivity index (χ3v) is 2.90. The lowest BCUT2D eigenvalue weighted by atomic mass is 10.2. The summed E-state index contributed by atoms with van der Waals surface area (Å²) in [6.07, 6.45) is 0. The second-order valence-corrected chi connectivity index (χ2v) is 4.18. The van der Waals surface area contributed by atoms with Crippen molar-refractivity contribution in [2.75, 3.05) is 6.61 Å². The molecule has 0 aliphatic rings. The fourth-order valence-electron chi connectivity index (χ4n) is 2.05. The van der Waals surface area contributed by atoms with Crippen LogP contribution in [0.25, 0.3) is 11.0 Å². The third-order valence-electron chi connectivity index (χ3n) is 2.90. The number of aromatic nitrogens is 2. The fraction of sp³-hybridized carbons (Fsp3) is 0.308. The number of carbonyl (C=O) groups excluding carboxylic acids is 1. The summed E-state index contributed by atoms with van der Waals surface area (Å²) in [5.74, 6) is 0.108. The minimum absolute atomic E-state index is 0.0800. The van der Waals surface area contributed by atoms with Gasteiger partial charge in [0.1, 0.15) is 11.4 Å². The molecule has 0 spiro atoms. The van der Waals surface area contributed by atoms with E-state index in [2.05, 4.69) is 0 Å². The zero-order valence-electron chi connectivity index (χ0n) is 11.0. The number of ether oxygens (including phenoxy) is 1. The van der Waals surface area contributed by atoms with Crippen LogP contribution in [0.5, 0.6) is 5.75 Å². The Kier molecular flexibility index (Phi) is 3.25. The van der Waals surface area contributed by atoms with Crippen LogP contribution in [0, 0.1) is 11.8 Å². The molecule has 0 saturated heterocycles. The third kappa shape index (κ3) is 2.05. The Morgan fingerprint density at radius 2 is 2.16 bits per heavy atom. The Morgan fingerprint density at radius 3 is 2.74 bits per heavy atom. The van der Waals surface area contributed by atoms with Gasteiger partial charge < -0.3 is 9.94 Å². The number of hydrogen-bond acceptors (Lipinski definition) is 4. The molecule has 0 atom stereocenters. The van der Waals surface area contributed by atoms with Crippen molar-refractivity contribution in [3.63, 3.8) is 0 Å². The van der Waals surface area contributed by atoms with E-state index in [0.29, 0.717) is 22.3 Å². The summed E-state index contributed by atoms with van der Waals surface area (Å²) in [6.45, 7) is 5.10. The van der Waals surface area contributed by atoms with Crippen LogP contribution in [0.3, 0.4) is 0 Å². The van der Waals surface area contributed by atoms with Gasteiger partial charge in [-0.1, -0.05) is 0 Å². The second-order valence-electron chi connectivity index (χ2n) is 4.18. The molecule has 1 heterocycles. The molecular weight excluding hydrogens is 248 g/mol. The predicted octanol–water partition coefficient (Wildman–Crippen LogP) is 1.70. The molecule has 0 saturated carbocycles. The van der Waals surface area contributed by atoms with Crippen molar-refractivity contribution >= 4 is 16.8 Å². The molecule has 2 aromatic rings. The molecule has 0 aliphatic heterocycles. The van der Waals surface area contributed by atoms with Crippen LogP contribution >= 0.6 is 0 Å². The minimum Gasteiger partial charge on any atom is -0.494 e. The Balaban J connectivity index is 2.87. The quantitative estimate of drug-likeness (QED) is 0.519. The van der Waals surface area contributed by atoms with Gasteiger partial charge in [0.05, 0.1) is 17.1 Å². The topological polar surface area (TPSA) is 74.4 Å². The Bertz CT molecular complexity index is 719. The van der Waals surface area contributed by atoms with E-state index < -0.39 is 5.78 Å². The lowest BCUT2D eigenvalue weighted by molar-refractivity contribution is -0.468. The van der Waals surface area contributed by atoms with Gasteiger partial charge in [-0.05, 0) is 26.0 Å². The SMILES string of the molecule is CCOc1ccc2c(c1)[n+](=O)c(C(C)=O)c(C)n2O. The van der Waals surface area contributed by atoms with Crippen molar-refractivity contribution in [1.29, 1.82) is 0 Å². The largest absolute Gasteiger partial charge is 0.494 e. The molecule has 0 radical (unpaired) electrons. The molecule has 1 aromatic carbocycles. The van der Waals surface area contributed by atoms with Gasteiger partial charge in [-0.25, -0.2) is 0 Å². The predicted molar refractivity (Wildman–Crippen MR) is 68.4 cm³/mol. The highest BCUT2D eigenvalue weighted by Gasteiger charge is 2.26. The van der Waals surface area contributed by atoms with Crippen molar-refractivity contribution in [2.45, 2.75) is 20.8 Å². The summed E-state index contributed by atoms with van der Waals surface area (Å²) in [7, 11) is 0. The first-order valence-corrected chi connectivity index (χ1v) is 5.92. The van der Waals surface area contributed by atoms with Gasteiger partial charge in [0.15, 0.2) is 5.52 Å². The van der Waals surface area contributed by atoms with E-state index in [-0.39, 0.29) is 16.9 Å². The van der Waals surface area contributed by atoms with Crippen LogP contribution in [0.4, 0.5) is 0 Å². The van der Waals surface area contributed by atoms with Crippen molar-refractivity contribution in [3.05, 3.63) is 34.5 Å². The Morgan fingerprint density at radius 1 is 1.47 bits per heavy atom. The van der Waals surface area contributed by atoms with E-state index in [1.165, 1.54) is 19.9 Å². The van der Waals surface area contributed by atoms with Crippen LogP contribution in [-0.4, -0.2) is 22.3 Å². The number of Topliss-reactive ketones (excluding diaryl/α,β-unsaturated/α-hetero) is 1. The maximum absolute atomic E-state index is 12.2. The van der Waals surface area contributed by atoms with Crippen molar-refractivity contribution in [1.82, 2.24) is 4.73 Å². The van der Waals surface area contributed by atoms with Crippen LogP contribution in [0.2, 0.25) is 0 Å². The highest BCUT2D eigenvalue weighted by Crippen LogP contribution is 2.19. The lowest BCUT2D eigenvalue weighted by Gasteiger charge is -2.06. The normalized spacial score (nSPS) is 10.7. The number of carbonyl (C=O) groups is 1. The molecule has 19 heavy (non-hydrogen) atoms. The molecule has 1 N–H and O–H groups in total. The summed E-state index contributed by atoms with van der Waals surface area (Å²) in [5.41, 5.74) is 0.632. The minimum atomic E-state index is -0.404. The molecule has 1 aromatic heterocycles. The van der Waals surface area contributed by atoms with Gasteiger partial charge in [0, 0.05) is 11.8 Å². The number of benzene rings is 1. The molecule has 0 unspecified atom stereocenters. The Hall–Kier alpha value is -2.37. The van der Waals surface area contributed by atoms with Crippen molar-refractivity contribution < 1.29 is 19.2 Å². The van der Waals surface area contributed by atoms with E-state index in [1.54, 1.807) is 12.1 Å². The number of rotatable bonds is 3. The molecule has 100 valence electrons. The molecule has 0 amide bonds. The van der Waals surface area contributed by atoms with Gasteiger partial charge >= 0.3 is 5.69 Å². The monoisotopic (exact) mass is 263 g/mol. The molecule has 0 bridgehead atoms. The summed E-state index contributed by atoms with van der Waals surface area (Å²) in [5, 5.41) is 10.0. The van der Waals surface area contributed by atoms with Gasteiger partial charge in [-0.15, -0.1) is 0 Å². The van der Waals surface area contributed by atoms with E-state index >= 15 is 0 Å². The van der Waals surface area contributed by atoms with Gasteiger partial charge in [0.25, 0.3) is 5.52 Å². The molecular formula is C13H15N2O4+.